The monoisotopic (exact) mass is 326 g/mol. The van der Waals surface area contributed by atoms with Crippen molar-refractivity contribution < 1.29 is 4.79 Å². The quantitative estimate of drug-likeness (QED) is 0.791. The maximum Gasteiger partial charge on any atom is 0.238 e. The van der Waals surface area contributed by atoms with E-state index in [1.54, 1.807) is 12.3 Å². The third-order valence-electron chi connectivity index (χ3n) is 3.00. The smallest absolute Gasteiger partial charge is 0.238 e. The van der Waals surface area contributed by atoms with Crippen molar-refractivity contribution in [3.05, 3.63) is 12.3 Å². The van der Waals surface area contributed by atoms with Crippen molar-refractivity contribution in [2.75, 3.05) is 11.1 Å². The molecule has 2 aromatic heterocycles. The average Bonchev–Trinajstić information content (AvgIpc) is 3.07. The topological polar surface area (TPSA) is 98.7 Å². The Kier molecular flexibility index (Phi) is 5.18. The first-order valence-corrected chi connectivity index (χ1v) is 8.30. The summed E-state index contributed by atoms with van der Waals surface area (Å²) in [5.74, 6) is 0.609. The summed E-state index contributed by atoms with van der Waals surface area (Å²) < 4.78 is 2.50. The normalized spacial score (nSPS) is 13.9. The lowest BCUT2D eigenvalue weighted by Crippen LogP contribution is -2.24. The standard InChI is InChI=1S/C12H18N6OS2/c1-4-7(2)18-9(5-6-14-18)15-10(19)8(3)20-12-17-16-11(13)21-12/h5-8H,4H2,1-3H3,(H2,13,16)(H,15,19)/t7-,8-/m0/s1. The molecule has 0 fully saturated rings. The van der Waals surface area contributed by atoms with Crippen LogP contribution < -0.4 is 11.1 Å². The van der Waals surface area contributed by atoms with E-state index in [-0.39, 0.29) is 17.2 Å². The molecule has 0 aliphatic rings. The predicted molar refractivity (Wildman–Crippen MR) is 85.5 cm³/mol. The van der Waals surface area contributed by atoms with Gasteiger partial charge in [0, 0.05) is 6.07 Å². The highest BCUT2D eigenvalue weighted by Gasteiger charge is 2.19. The highest BCUT2D eigenvalue weighted by atomic mass is 32.2. The molecule has 0 saturated heterocycles. The van der Waals surface area contributed by atoms with Crippen LogP contribution in [0.25, 0.3) is 0 Å². The molecule has 2 aromatic rings. The molecule has 2 atom stereocenters. The van der Waals surface area contributed by atoms with Gasteiger partial charge >= 0.3 is 0 Å². The molecule has 0 aliphatic heterocycles. The number of carbonyl (C=O) groups is 1. The number of hydrogen-bond donors (Lipinski definition) is 2. The lowest BCUT2D eigenvalue weighted by Gasteiger charge is -2.15. The van der Waals surface area contributed by atoms with E-state index < -0.39 is 0 Å². The third-order valence-corrected chi connectivity index (χ3v) is 4.94. The molecule has 0 saturated carbocycles. The van der Waals surface area contributed by atoms with Crippen molar-refractivity contribution in [1.29, 1.82) is 0 Å². The van der Waals surface area contributed by atoms with E-state index in [0.29, 0.717) is 15.3 Å². The van der Waals surface area contributed by atoms with Gasteiger partial charge in [0.2, 0.25) is 11.0 Å². The lowest BCUT2D eigenvalue weighted by molar-refractivity contribution is -0.115. The van der Waals surface area contributed by atoms with E-state index in [0.717, 1.165) is 6.42 Å². The molecule has 7 nitrogen and oxygen atoms in total. The number of thioether (sulfide) groups is 1. The molecule has 0 spiro atoms. The Morgan fingerprint density at radius 2 is 2.29 bits per heavy atom. The molecule has 2 rings (SSSR count). The van der Waals surface area contributed by atoms with Crippen molar-refractivity contribution in [1.82, 2.24) is 20.0 Å². The second-order valence-electron chi connectivity index (χ2n) is 4.57. The van der Waals surface area contributed by atoms with Gasteiger partial charge in [0.15, 0.2) is 4.34 Å². The number of aromatic nitrogens is 4. The van der Waals surface area contributed by atoms with Crippen LogP contribution in [0, 0.1) is 0 Å². The second kappa shape index (κ2) is 6.90. The summed E-state index contributed by atoms with van der Waals surface area (Å²) in [6.45, 7) is 5.96. The van der Waals surface area contributed by atoms with E-state index >= 15 is 0 Å². The largest absolute Gasteiger partial charge is 0.374 e. The molecule has 0 unspecified atom stereocenters. The Morgan fingerprint density at radius 3 is 2.90 bits per heavy atom. The number of nitrogens with two attached hydrogens (primary N) is 1. The number of nitrogen functional groups attached to an aromatic ring is 1. The molecule has 0 bridgehead atoms. The van der Waals surface area contributed by atoms with Crippen molar-refractivity contribution in [3.63, 3.8) is 0 Å². The fraction of sp³-hybridized carbons (Fsp3) is 0.500. The molecule has 114 valence electrons. The molecule has 3 N–H and O–H groups in total. The Hall–Kier alpha value is -1.61. The summed E-state index contributed by atoms with van der Waals surface area (Å²) in [5.41, 5.74) is 5.53. The zero-order chi connectivity index (χ0) is 15.4. The van der Waals surface area contributed by atoms with Gasteiger partial charge in [0.25, 0.3) is 0 Å². The van der Waals surface area contributed by atoms with Crippen molar-refractivity contribution in [3.8, 4) is 0 Å². The van der Waals surface area contributed by atoms with Gasteiger partial charge in [-0.1, -0.05) is 30.0 Å². The predicted octanol–water partition coefficient (Wildman–Crippen LogP) is 2.41. The van der Waals surface area contributed by atoms with Crippen LogP contribution in [-0.4, -0.2) is 31.1 Å². The Balaban J connectivity index is 1.99. The Bertz CT molecular complexity index is 610. The number of amides is 1. The Labute approximate surface area is 131 Å². The third kappa shape index (κ3) is 3.94. The van der Waals surface area contributed by atoms with Gasteiger partial charge in [-0.15, -0.1) is 10.2 Å². The molecule has 9 heteroatoms. The molecule has 21 heavy (non-hydrogen) atoms. The summed E-state index contributed by atoms with van der Waals surface area (Å²) >= 11 is 2.61. The van der Waals surface area contributed by atoms with Crippen LogP contribution >= 0.6 is 23.1 Å². The first-order valence-electron chi connectivity index (χ1n) is 6.61. The molecular formula is C12H18N6OS2. The van der Waals surface area contributed by atoms with Gasteiger partial charge in [-0.05, 0) is 20.3 Å². The van der Waals surface area contributed by atoms with Gasteiger partial charge in [-0.25, -0.2) is 4.68 Å². The number of nitrogens with zero attached hydrogens (tertiary/aromatic N) is 4. The van der Waals surface area contributed by atoms with Crippen LogP contribution in [0.2, 0.25) is 0 Å². The zero-order valence-corrected chi connectivity index (χ0v) is 13.7. The van der Waals surface area contributed by atoms with Gasteiger partial charge in [-0.2, -0.15) is 5.10 Å². The van der Waals surface area contributed by atoms with E-state index in [1.807, 2.05) is 11.6 Å². The van der Waals surface area contributed by atoms with Crippen molar-refractivity contribution in [2.24, 2.45) is 0 Å². The minimum absolute atomic E-state index is 0.0983. The van der Waals surface area contributed by atoms with Gasteiger partial charge < -0.3 is 11.1 Å². The van der Waals surface area contributed by atoms with Crippen LogP contribution in [0.15, 0.2) is 16.6 Å². The number of rotatable bonds is 6. The van der Waals surface area contributed by atoms with Crippen LogP contribution in [0.4, 0.5) is 10.9 Å². The van der Waals surface area contributed by atoms with Crippen LogP contribution in [0.1, 0.15) is 33.2 Å². The fourth-order valence-electron chi connectivity index (χ4n) is 1.64. The van der Waals surface area contributed by atoms with E-state index in [4.69, 9.17) is 5.73 Å². The minimum atomic E-state index is -0.294. The van der Waals surface area contributed by atoms with E-state index in [1.165, 1.54) is 23.1 Å². The van der Waals surface area contributed by atoms with Crippen LogP contribution in [0.5, 0.6) is 0 Å². The van der Waals surface area contributed by atoms with Crippen LogP contribution in [-0.2, 0) is 4.79 Å². The SMILES string of the molecule is CC[C@H](C)n1nccc1NC(=O)[C@H](C)Sc1nnc(N)s1. The maximum atomic E-state index is 12.2. The van der Waals surface area contributed by atoms with Crippen molar-refractivity contribution in [2.45, 2.75) is 42.8 Å². The number of anilines is 2. The molecule has 2 heterocycles. The van der Waals surface area contributed by atoms with E-state index in [2.05, 4.69) is 34.5 Å². The second-order valence-corrected chi connectivity index (χ2v) is 7.17. The molecule has 1 amide bonds. The van der Waals surface area contributed by atoms with Gasteiger partial charge in [0.05, 0.1) is 17.5 Å². The highest BCUT2D eigenvalue weighted by Crippen LogP contribution is 2.28. The fourth-order valence-corrected chi connectivity index (χ4v) is 3.42. The molecule has 0 radical (unpaired) electrons. The summed E-state index contributed by atoms with van der Waals surface area (Å²) in [5, 5.41) is 14.9. The van der Waals surface area contributed by atoms with Gasteiger partial charge in [-0.3, -0.25) is 4.79 Å². The summed E-state index contributed by atoms with van der Waals surface area (Å²) in [4.78, 5) is 12.2. The number of nitrogens with one attached hydrogen (secondary N) is 1. The molecule has 0 aliphatic carbocycles. The Morgan fingerprint density at radius 1 is 1.52 bits per heavy atom. The van der Waals surface area contributed by atoms with Crippen LogP contribution in [0.3, 0.4) is 0 Å². The zero-order valence-electron chi connectivity index (χ0n) is 12.1. The summed E-state index contributed by atoms with van der Waals surface area (Å²) in [6.07, 6.45) is 2.63. The van der Waals surface area contributed by atoms with Gasteiger partial charge in [0.1, 0.15) is 5.82 Å². The molecular weight excluding hydrogens is 308 g/mol. The lowest BCUT2D eigenvalue weighted by atomic mass is 10.3. The maximum absolute atomic E-state index is 12.2. The average molecular weight is 326 g/mol. The highest BCUT2D eigenvalue weighted by molar-refractivity contribution is 8.02. The summed E-state index contributed by atoms with van der Waals surface area (Å²) in [7, 11) is 0. The minimum Gasteiger partial charge on any atom is -0.374 e. The number of hydrogen-bond acceptors (Lipinski definition) is 7. The first-order chi connectivity index (χ1) is 10.0. The summed E-state index contributed by atoms with van der Waals surface area (Å²) in [6, 6.07) is 2.03. The van der Waals surface area contributed by atoms with Crippen molar-refractivity contribution >= 4 is 40.0 Å². The molecule has 0 aromatic carbocycles. The first kappa shape index (κ1) is 15.8. The van der Waals surface area contributed by atoms with E-state index in [9.17, 15) is 4.79 Å². The number of carbonyl (C=O) groups excluding carboxylic acids is 1.